The van der Waals surface area contributed by atoms with E-state index in [1.165, 1.54) is 0 Å². The molecule has 0 aromatic heterocycles. The van der Waals surface area contributed by atoms with E-state index >= 15 is 0 Å². The second-order valence-electron chi connectivity index (χ2n) is 5.89. The third kappa shape index (κ3) is 5.54. The van der Waals surface area contributed by atoms with Crippen LogP contribution in [0.5, 0.6) is 5.75 Å². The number of ether oxygens (including phenoxy) is 2. The quantitative estimate of drug-likeness (QED) is 0.649. The van der Waals surface area contributed by atoms with Crippen molar-refractivity contribution in [2.75, 3.05) is 18.5 Å². The lowest BCUT2D eigenvalue weighted by atomic mass is 9.99. The minimum atomic E-state index is -0.868. The van der Waals surface area contributed by atoms with E-state index < -0.39 is 5.60 Å². The van der Waals surface area contributed by atoms with Crippen LogP contribution in [0.1, 0.15) is 58.9 Å². The summed E-state index contributed by atoms with van der Waals surface area (Å²) in [7, 11) is 0. The maximum absolute atomic E-state index is 12.6. The van der Waals surface area contributed by atoms with Crippen molar-refractivity contribution in [3.8, 4) is 11.8 Å². The highest BCUT2D eigenvalue weighted by Crippen LogP contribution is 2.25. The number of hydrogen-bond donors (Lipinski definition) is 1. The number of rotatable bonds is 10. The van der Waals surface area contributed by atoms with Crippen LogP contribution in [0.25, 0.3) is 0 Å². The predicted octanol–water partition coefficient (Wildman–Crippen LogP) is 4.27. The van der Waals surface area contributed by atoms with Gasteiger partial charge in [0.1, 0.15) is 17.4 Å². The Morgan fingerprint density at radius 2 is 2.04 bits per heavy atom. The number of amides is 1. The molecule has 0 saturated heterocycles. The Bertz CT molecular complexity index is 572. The lowest BCUT2D eigenvalue weighted by molar-refractivity contribution is -0.139. The van der Waals surface area contributed by atoms with Gasteiger partial charge >= 0.3 is 0 Å². The van der Waals surface area contributed by atoms with Crippen molar-refractivity contribution in [2.24, 2.45) is 0 Å². The number of nitrogens with one attached hydrogen (secondary N) is 1. The molecule has 0 aliphatic rings. The van der Waals surface area contributed by atoms with Gasteiger partial charge in [-0.05, 0) is 44.9 Å². The fourth-order valence-electron chi connectivity index (χ4n) is 2.46. The summed E-state index contributed by atoms with van der Waals surface area (Å²) in [5.41, 5.74) is 0.117. The fourth-order valence-corrected chi connectivity index (χ4v) is 2.46. The van der Waals surface area contributed by atoms with Crippen LogP contribution >= 0.6 is 0 Å². The summed E-state index contributed by atoms with van der Waals surface area (Å²) >= 11 is 0. The lowest BCUT2D eigenvalue weighted by Gasteiger charge is -2.27. The molecule has 0 saturated carbocycles. The van der Waals surface area contributed by atoms with E-state index in [0.29, 0.717) is 36.6 Å². The molecule has 0 fully saturated rings. The first-order valence-electron chi connectivity index (χ1n) is 8.63. The van der Waals surface area contributed by atoms with Gasteiger partial charge in [0.15, 0.2) is 0 Å². The third-order valence-corrected chi connectivity index (χ3v) is 3.78. The average Bonchev–Trinajstić information content (AvgIpc) is 2.56. The van der Waals surface area contributed by atoms with Gasteiger partial charge in [-0.15, -0.1) is 0 Å². The van der Waals surface area contributed by atoms with Crippen LogP contribution in [0.2, 0.25) is 0 Å². The van der Waals surface area contributed by atoms with Crippen molar-refractivity contribution < 1.29 is 14.3 Å². The topological polar surface area (TPSA) is 71.3 Å². The third-order valence-electron chi connectivity index (χ3n) is 3.78. The maximum Gasteiger partial charge on any atom is 0.256 e. The predicted molar refractivity (Wildman–Crippen MR) is 95.1 cm³/mol. The Morgan fingerprint density at radius 3 is 2.62 bits per heavy atom. The van der Waals surface area contributed by atoms with Gasteiger partial charge < -0.3 is 14.8 Å². The molecule has 24 heavy (non-hydrogen) atoms. The van der Waals surface area contributed by atoms with Crippen molar-refractivity contribution >= 4 is 11.6 Å². The molecule has 0 bridgehead atoms. The van der Waals surface area contributed by atoms with Gasteiger partial charge in [-0.3, -0.25) is 4.79 Å². The molecule has 0 aliphatic heterocycles. The number of anilines is 1. The second-order valence-corrected chi connectivity index (χ2v) is 5.89. The number of unbranched alkanes of at least 4 members (excludes halogenated alkanes) is 1. The molecule has 5 heteroatoms. The summed E-state index contributed by atoms with van der Waals surface area (Å²) in [6.07, 6.45) is 3.45. The summed E-state index contributed by atoms with van der Waals surface area (Å²) < 4.78 is 11.3. The summed E-state index contributed by atoms with van der Waals surface area (Å²) in [5.74, 6) is 0.347. The zero-order chi connectivity index (χ0) is 18.0. The molecule has 1 rings (SSSR count). The largest absolute Gasteiger partial charge is 0.492 e. The molecule has 5 nitrogen and oxygen atoms in total. The molecule has 0 heterocycles. The highest BCUT2D eigenvalue weighted by atomic mass is 16.5. The summed E-state index contributed by atoms with van der Waals surface area (Å²) in [5, 5.41) is 12.1. The molecule has 1 aromatic rings. The minimum absolute atomic E-state index is 0.199. The molecular formula is C19H28N2O3. The first-order valence-corrected chi connectivity index (χ1v) is 8.63. The number of nitriles is 1. The van der Waals surface area contributed by atoms with Crippen molar-refractivity contribution in [3.05, 3.63) is 23.8 Å². The van der Waals surface area contributed by atoms with Crippen LogP contribution in [0.3, 0.4) is 0 Å². The number of carbonyl (C=O) groups excluding carboxylic acids is 1. The molecule has 132 valence electrons. The normalized spacial score (nSPS) is 13.0. The van der Waals surface area contributed by atoms with E-state index in [2.05, 4.69) is 18.3 Å². The first-order chi connectivity index (χ1) is 11.5. The van der Waals surface area contributed by atoms with Gasteiger partial charge in [-0.25, -0.2) is 0 Å². The molecule has 1 aromatic carbocycles. The van der Waals surface area contributed by atoms with Gasteiger partial charge in [-0.2, -0.15) is 5.26 Å². The average molecular weight is 332 g/mol. The standard InChI is InChI=1S/C19H28N2O3/c1-5-8-12-23-17-10-9-16(13-15(17)14-20)21-18(22)19(4,11-6-2)24-7-3/h9-10,13H,5-8,11-12H2,1-4H3,(H,21,22)/t19-/m0/s1. The zero-order valence-corrected chi connectivity index (χ0v) is 15.1. The van der Waals surface area contributed by atoms with E-state index in [1.54, 1.807) is 25.1 Å². The molecule has 1 amide bonds. The number of carbonyl (C=O) groups is 1. The van der Waals surface area contributed by atoms with E-state index in [-0.39, 0.29) is 5.91 Å². The van der Waals surface area contributed by atoms with Gasteiger partial charge in [0.2, 0.25) is 0 Å². The van der Waals surface area contributed by atoms with E-state index in [9.17, 15) is 10.1 Å². The van der Waals surface area contributed by atoms with Crippen molar-refractivity contribution in [3.63, 3.8) is 0 Å². The van der Waals surface area contributed by atoms with Gasteiger partial charge in [0, 0.05) is 12.3 Å². The van der Waals surface area contributed by atoms with Crippen LogP contribution in [0.15, 0.2) is 18.2 Å². The van der Waals surface area contributed by atoms with E-state index in [1.807, 2.05) is 13.8 Å². The van der Waals surface area contributed by atoms with Crippen molar-refractivity contribution in [2.45, 2.75) is 59.0 Å². The Labute approximate surface area is 145 Å². The summed E-state index contributed by atoms with van der Waals surface area (Å²) in [4.78, 5) is 12.6. The molecule has 0 radical (unpaired) electrons. The Hall–Kier alpha value is -2.06. The van der Waals surface area contributed by atoms with Crippen LogP contribution in [-0.2, 0) is 9.53 Å². The van der Waals surface area contributed by atoms with Gasteiger partial charge in [0.05, 0.1) is 12.2 Å². The second kappa shape index (κ2) is 9.94. The highest BCUT2D eigenvalue weighted by Gasteiger charge is 2.33. The maximum atomic E-state index is 12.6. The molecule has 1 N–H and O–H groups in total. The molecule has 0 unspecified atom stereocenters. The fraction of sp³-hybridized carbons (Fsp3) is 0.579. The number of hydrogen-bond acceptors (Lipinski definition) is 4. The molecule has 1 atom stereocenters. The van der Waals surface area contributed by atoms with Crippen molar-refractivity contribution in [1.29, 1.82) is 5.26 Å². The molecule has 0 spiro atoms. The SMILES string of the molecule is CCCCOc1ccc(NC(=O)[C@](C)(CCC)OCC)cc1C#N. The minimum Gasteiger partial charge on any atom is -0.492 e. The van der Waals surface area contributed by atoms with Crippen LogP contribution in [-0.4, -0.2) is 24.7 Å². The Kier molecular flexibility index (Phi) is 8.28. The molecule has 0 aliphatic carbocycles. The smallest absolute Gasteiger partial charge is 0.256 e. The van der Waals surface area contributed by atoms with Crippen LogP contribution < -0.4 is 10.1 Å². The van der Waals surface area contributed by atoms with E-state index in [0.717, 1.165) is 19.3 Å². The number of nitrogens with zero attached hydrogens (tertiary/aromatic N) is 1. The Balaban J connectivity index is 2.87. The lowest BCUT2D eigenvalue weighted by Crippen LogP contribution is -2.42. The van der Waals surface area contributed by atoms with Crippen molar-refractivity contribution in [1.82, 2.24) is 0 Å². The number of benzene rings is 1. The van der Waals surface area contributed by atoms with Crippen LogP contribution in [0, 0.1) is 11.3 Å². The Morgan fingerprint density at radius 1 is 1.29 bits per heavy atom. The summed E-state index contributed by atoms with van der Waals surface area (Å²) in [6.45, 7) is 8.81. The summed E-state index contributed by atoms with van der Waals surface area (Å²) in [6, 6.07) is 7.23. The molecular weight excluding hydrogens is 304 g/mol. The van der Waals surface area contributed by atoms with Gasteiger partial charge in [0.25, 0.3) is 5.91 Å². The monoisotopic (exact) mass is 332 g/mol. The first kappa shape index (κ1) is 20.0. The van der Waals surface area contributed by atoms with Gasteiger partial charge in [-0.1, -0.05) is 26.7 Å². The zero-order valence-electron chi connectivity index (χ0n) is 15.1. The van der Waals surface area contributed by atoms with Crippen LogP contribution in [0.4, 0.5) is 5.69 Å². The highest BCUT2D eigenvalue weighted by molar-refractivity contribution is 5.97. The van der Waals surface area contributed by atoms with E-state index in [4.69, 9.17) is 9.47 Å².